The van der Waals surface area contributed by atoms with Gasteiger partial charge in [-0.2, -0.15) is 5.26 Å². The molecule has 16 heavy (non-hydrogen) atoms. The normalized spacial score (nSPS) is 20.9. The van der Waals surface area contributed by atoms with Crippen LogP contribution in [-0.2, 0) is 5.54 Å². The first kappa shape index (κ1) is 11.0. The zero-order valence-electron chi connectivity index (χ0n) is 8.30. The van der Waals surface area contributed by atoms with Crippen molar-refractivity contribution in [2.45, 2.75) is 24.3 Å². The molecule has 0 aromatic heterocycles. The molecule has 2 N–H and O–H groups in total. The Hall–Kier alpha value is -1.54. The Bertz CT molecular complexity index is 469. The Morgan fingerprint density at radius 1 is 1.31 bits per heavy atom. The van der Waals surface area contributed by atoms with Crippen molar-refractivity contribution in [2.24, 2.45) is 5.73 Å². The number of nitrogens with zero attached hydrogens (tertiary/aromatic N) is 1. The van der Waals surface area contributed by atoms with Crippen molar-refractivity contribution < 1.29 is 13.2 Å². The molecule has 0 atom stereocenters. The van der Waals surface area contributed by atoms with Crippen LogP contribution in [0.5, 0.6) is 0 Å². The summed E-state index contributed by atoms with van der Waals surface area (Å²) < 4.78 is 38.5. The zero-order valence-corrected chi connectivity index (χ0v) is 8.30. The largest absolute Gasteiger partial charge is 0.321 e. The molecule has 1 aromatic carbocycles. The summed E-state index contributed by atoms with van der Waals surface area (Å²) in [7, 11) is 0. The first-order valence-corrected chi connectivity index (χ1v) is 4.73. The number of nitrogens with two attached hydrogens (primary N) is 1. The van der Waals surface area contributed by atoms with Crippen molar-refractivity contribution in [3.05, 3.63) is 35.1 Å². The third-order valence-corrected chi connectivity index (χ3v) is 2.81. The van der Waals surface area contributed by atoms with Gasteiger partial charge in [0.2, 0.25) is 0 Å². The minimum Gasteiger partial charge on any atom is -0.321 e. The molecule has 0 saturated heterocycles. The zero-order chi connectivity index (χ0) is 12.0. The van der Waals surface area contributed by atoms with E-state index >= 15 is 0 Å². The third-order valence-electron chi connectivity index (χ3n) is 2.81. The average molecular weight is 226 g/mol. The third kappa shape index (κ3) is 1.65. The minimum atomic E-state index is -2.75. The monoisotopic (exact) mass is 226 g/mol. The molecule has 2 nitrogen and oxygen atoms in total. The van der Waals surface area contributed by atoms with E-state index in [1.165, 1.54) is 12.1 Å². The summed E-state index contributed by atoms with van der Waals surface area (Å²) in [5, 5.41) is 8.62. The molecule has 0 radical (unpaired) electrons. The highest BCUT2D eigenvalue weighted by atomic mass is 19.3. The average Bonchev–Trinajstić information content (AvgIpc) is 2.15. The number of benzene rings is 1. The quantitative estimate of drug-likeness (QED) is 0.798. The van der Waals surface area contributed by atoms with Crippen molar-refractivity contribution >= 4 is 0 Å². The van der Waals surface area contributed by atoms with Crippen molar-refractivity contribution in [3.8, 4) is 6.07 Å². The SMILES string of the molecule is N#Cc1cc(C2(N)CC(F)(F)C2)ccc1F. The number of hydrogen-bond donors (Lipinski definition) is 1. The van der Waals surface area contributed by atoms with Gasteiger partial charge < -0.3 is 5.73 Å². The lowest BCUT2D eigenvalue weighted by Crippen LogP contribution is -2.55. The second-order valence-corrected chi connectivity index (χ2v) is 4.17. The van der Waals surface area contributed by atoms with Gasteiger partial charge in [-0.1, -0.05) is 6.07 Å². The number of hydrogen-bond acceptors (Lipinski definition) is 2. The molecular formula is C11H9F3N2. The van der Waals surface area contributed by atoms with E-state index in [2.05, 4.69) is 0 Å². The first-order chi connectivity index (χ1) is 7.36. The number of halogens is 3. The highest BCUT2D eigenvalue weighted by Crippen LogP contribution is 2.49. The molecule has 1 aliphatic carbocycles. The molecule has 5 heteroatoms. The number of rotatable bonds is 1. The standard InChI is InChI=1S/C11H9F3N2/c12-9-2-1-8(3-7(9)4-15)10(16)5-11(13,14)6-10/h1-3H,5-6,16H2. The summed E-state index contributed by atoms with van der Waals surface area (Å²) in [5.74, 6) is -3.42. The molecule has 1 fully saturated rings. The maximum atomic E-state index is 13.0. The Labute approximate surface area is 90.5 Å². The van der Waals surface area contributed by atoms with Crippen LogP contribution in [0.2, 0.25) is 0 Å². The summed E-state index contributed by atoms with van der Waals surface area (Å²) in [4.78, 5) is 0. The Morgan fingerprint density at radius 3 is 2.44 bits per heavy atom. The van der Waals surface area contributed by atoms with Gasteiger partial charge in [-0.3, -0.25) is 0 Å². The van der Waals surface area contributed by atoms with E-state index in [1.54, 1.807) is 6.07 Å². The van der Waals surface area contributed by atoms with Crippen molar-refractivity contribution in [1.29, 1.82) is 5.26 Å². The fourth-order valence-corrected chi connectivity index (χ4v) is 2.00. The van der Waals surface area contributed by atoms with Gasteiger partial charge in [0.25, 0.3) is 5.92 Å². The number of nitriles is 1. The van der Waals surface area contributed by atoms with Crippen molar-refractivity contribution in [1.82, 2.24) is 0 Å². The Morgan fingerprint density at radius 2 is 1.94 bits per heavy atom. The van der Waals surface area contributed by atoms with Crippen LogP contribution in [0.3, 0.4) is 0 Å². The summed E-state index contributed by atoms with van der Waals surface area (Å²) in [5.41, 5.74) is 4.84. The number of alkyl halides is 2. The van der Waals surface area contributed by atoms with Crippen LogP contribution in [0.4, 0.5) is 13.2 Å². The van der Waals surface area contributed by atoms with Gasteiger partial charge in [0, 0.05) is 12.8 Å². The highest BCUT2D eigenvalue weighted by molar-refractivity contribution is 5.39. The first-order valence-electron chi connectivity index (χ1n) is 4.73. The topological polar surface area (TPSA) is 49.8 Å². The summed E-state index contributed by atoms with van der Waals surface area (Å²) >= 11 is 0. The van der Waals surface area contributed by atoms with Crippen LogP contribution in [0.1, 0.15) is 24.0 Å². The second-order valence-electron chi connectivity index (χ2n) is 4.17. The highest BCUT2D eigenvalue weighted by Gasteiger charge is 2.55. The molecule has 1 saturated carbocycles. The van der Waals surface area contributed by atoms with Gasteiger partial charge in [0.05, 0.1) is 11.1 Å². The predicted molar refractivity (Wildman–Crippen MR) is 51.2 cm³/mol. The van der Waals surface area contributed by atoms with Gasteiger partial charge in [-0.25, -0.2) is 13.2 Å². The van der Waals surface area contributed by atoms with Crippen LogP contribution in [0.25, 0.3) is 0 Å². The van der Waals surface area contributed by atoms with Gasteiger partial charge in [0.15, 0.2) is 0 Å². The molecule has 84 valence electrons. The fraction of sp³-hybridized carbons (Fsp3) is 0.364. The minimum absolute atomic E-state index is 0.169. The smallest absolute Gasteiger partial charge is 0.252 e. The van der Waals surface area contributed by atoms with E-state index in [-0.39, 0.29) is 5.56 Å². The van der Waals surface area contributed by atoms with Gasteiger partial charge in [0.1, 0.15) is 11.9 Å². The molecule has 0 amide bonds. The summed E-state index contributed by atoms with van der Waals surface area (Å²) in [6.07, 6.45) is -0.924. The molecular weight excluding hydrogens is 217 g/mol. The molecule has 0 unspecified atom stereocenters. The van der Waals surface area contributed by atoms with Crippen LogP contribution >= 0.6 is 0 Å². The molecule has 1 aromatic rings. The summed E-state index contributed by atoms with van der Waals surface area (Å²) in [6, 6.07) is 5.33. The molecule has 1 aliphatic rings. The van der Waals surface area contributed by atoms with E-state index in [4.69, 9.17) is 11.0 Å². The predicted octanol–water partition coefficient (Wildman–Crippen LogP) is 2.28. The van der Waals surface area contributed by atoms with Gasteiger partial charge in [-0.15, -0.1) is 0 Å². The van der Waals surface area contributed by atoms with Crippen LogP contribution in [0.15, 0.2) is 18.2 Å². The van der Waals surface area contributed by atoms with Gasteiger partial charge in [-0.05, 0) is 17.7 Å². The van der Waals surface area contributed by atoms with E-state index < -0.39 is 30.1 Å². The van der Waals surface area contributed by atoms with Gasteiger partial charge >= 0.3 is 0 Å². The van der Waals surface area contributed by atoms with Crippen molar-refractivity contribution in [3.63, 3.8) is 0 Å². The lowest BCUT2D eigenvalue weighted by Gasteiger charge is -2.44. The van der Waals surface area contributed by atoms with Crippen molar-refractivity contribution in [2.75, 3.05) is 0 Å². The summed E-state index contributed by atoms with van der Waals surface area (Å²) in [6.45, 7) is 0. The molecule has 0 spiro atoms. The maximum Gasteiger partial charge on any atom is 0.252 e. The van der Waals surface area contributed by atoms with Crippen LogP contribution in [-0.4, -0.2) is 5.92 Å². The van der Waals surface area contributed by atoms with E-state index in [9.17, 15) is 13.2 Å². The fourth-order valence-electron chi connectivity index (χ4n) is 2.00. The Kier molecular flexibility index (Phi) is 2.21. The van der Waals surface area contributed by atoms with Crippen LogP contribution < -0.4 is 5.73 Å². The maximum absolute atomic E-state index is 13.0. The molecule has 0 bridgehead atoms. The molecule has 0 heterocycles. The van der Waals surface area contributed by atoms with E-state index in [1.807, 2.05) is 0 Å². The Balaban J connectivity index is 2.33. The molecule has 2 rings (SSSR count). The second kappa shape index (κ2) is 3.22. The lowest BCUT2D eigenvalue weighted by molar-refractivity contribution is -0.125. The lowest BCUT2D eigenvalue weighted by atomic mass is 9.69. The van der Waals surface area contributed by atoms with Crippen LogP contribution in [0, 0.1) is 17.1 Å². The van der Waals surface area contributed by atoms with E-state index in [0.29, 0.717) is 5.56 Å². The van der Waals surface area contributed by atoms with E-state index in [0.717, 1.165) is 6.07 Å². The molecule has 0 aliphatic heterocycles.